The van der Waals surface area contributed by atoms with E-state index < -0.39 is 24.4 Å². The van der Waals surface area contributed by atoms with Crippen molar-refractivity contribution in [2.24, 2.45) is 4.99 Å². The normalized spacial score (nSPS) is 27.7. The predicted molar refractivity (Wildman–Crippen MR) is 104 cm³/mol. The van der Waals surface area contributed by atoms with Crippen molar-refractivity contribution < 1.29 is 20.4 Å². The van der Waals surface area contributed by atoms with Crippen molar-refractivity contribution in [3.05, 3.63) is 17.8 Å². The van der Waals surface area contributed by atoms with E-state index in [1.165, 1.54) is 0 Å². The second-order valence-corrected chi connectivity index (χ2v) is 7.31. The number of hydrogen-bond donors (Lipinski definition) is 5. The van der Waals surface area contributed by atoms with Crippen LogP contribution in [0.2, 0.25) is 0 Å². The van der Waals surface area contributed by atoms with Gasteiger partial charge in [-0.2, -0.15) is 0 Å². The number of β-amino-alcohol motifs (C(OH)–C–C–N with tert-alkyl or cyclic N) is 1. The summed E-state index contributed by atoms with van der Waals surface area (Å²) in [5.74, 6) is 0.889. The summed E-state index contributed by atoms with van der Waals surface area (Å²) in [6.07, 6.45) is 3.43. The highest BCUT2D eigenvalue weighted by Crippen LogP contribution is 2.23. The molecule has 0 aliphatic carbocycles. The number of nitrogens with one attached hydrogen (secondary N) is 1. The molecular formula is C19H30N4O4. The van der Waals surface area contributed by atoms with Gasteiger partial charge in [0.2, 0.25) is 0 Å². The third kappa shape index (κ3) is 5.03. The van der Waals surface area contributed by atoms with Gasteiger partial charge in [0.25, 0.3) is 0 Å². The molecule has 2 aliphatic rings. The average molecular weight is 378 g/mol. The third-order valence-corrected chi connectivity index (χ3v) is 5.36. The first-order chi connectivity index (χ1) is 13.1. The monoisotopic (exact) mass is 378 g/mol. The Morgan fingerprint density at radius 1 is 1.07 bits per heavy atom. The molecule has 3 rings (SSSR count). The molecule has 1 saturated heterocycles. The zero-order valence-corrected chi connectivity index (χ0v) is 15.5. The summed E-state index contributed by atoms with van der Waals surface area (Å²) < 4.78 is 0. The van der Waals surface area contributed by atoms with E-state index in [2.05, 4.69) is 15.3 Å². The van der Waals surface area contributed by atoms with Gasteiger partial charge in [0, 0.05) is 25.7 Å². The molecule has 150 valence electrons. The number of aliphatic hydroxyl groups excluding tert-OH is 4. The lowest BCUT2D eigenvalue weighted by molar-refractivity contribution is -0.145. The largest absolute Gasteiger partial charge is 0.395 e. The Morgan fingerprint density at radius 2 is 1.89 bits per heavy atom. The highest BCUT2D eigenvalue weighted by Gasteiger charge is 2.40. The number of unbranched alkanes of at least 4 members (excludes halogenated alkanes) is 3. The summed E-state index contributed by atoms with van der Waals surface area (Å²) in [5.41, 5.74) is 1.98. The van der Waals surface area contributed by atoms with E-state index in [9.17, 15) is 20.4 Å². The fourth-order valence-electron chi connectivity index (χ4n) is 3.74. The maximum Gasteiger partial charge on any atom is 0.126 e. The summed E-state index contributed by atoms with van der Waals surface area (Å²) in [5, 5.41) is 42.3. The third-order valence-electron chi connectivity index (χ3n) is 5.36. The molecule has 0 unspecified atom stereocenters. The highest BCUT2D eigenvalue weighted by atomic mass is 16.4. The molecule has 0 spiro atoms. The van der Waals surface area contributed by atoms with Gasteiger partial charge in [-0.15, -0.1) is 0 Å². The van der Waals surface area contributed by atoms with Crippen LogP contribution < -0.4 is 5.32 Å². The number of aliphatic hydroxyl groups is 4. The zero-order chi connectivity index (χ0) is 19.2. The van der Waals surface area contributed by atoms with E-state index in [1.54, 1.807) is 0 Å². The van der Waals surface area contributed by atoms with Crippen molar-refractivity contribution in [3.8, 4) is 0 Å². The SMILES string of the molecule is OC[C@@H]1[C@@H](O)[C@H](O)[C@@H](O)CN1CCCCCCNc1ccc2c(n1)CC=N2. The smallest absolute Gasteiger partial charge is 0.126 e. The molecular weight excluding hydrogens is 348 g/mol. The minimum absolute atomic E-state index is 0.228. The minimum atomic E-state index is -1.19. The van der Waals surface area contributed by atoms with Gasteiger partial charge >= 0.3 is 0 Å². The van der Waals surface area contributed by atoms with Crippen LogP contribution in [0.25, 0.3) is 0 Å². The van der Waals surface area contributed by atoms with Crippen LogP contribution in [0.15, 0.2) is 17.1 Å². The van der Waals surface area contributed by atoms with Crippen molar-refractivity contribution in [1.29, 1.82) is 0 Å². The molecule has 0 radical (unpaired) electrons. The Hall–Kier alpha value is -1.58. The van der Waals surface area contributed by atoms with Gasteiger partial charge < -0.3 is 25.7 Å². The summed E-state index contributed by atoms with van der Waals surface area (Å²) in [7, 11) is 0. The number of anilines is 1. The van der Waals surface area contributed by atoms with Gasteiger partial charge in [-0.3, -0.25) is 9.89 Å². The summed E-state index contributed by atoms with van der Waals surface area (Å²) in [6, 6.07) is 3.43. The molecule has 1 aromatic rings. The van der Waals surface area contributed by atoms with Crippen molar-refractivity contribution >= 4 is 17.7 Å². The molecule has 0 bridgehead atoms. The topological polar surface area (TPSA) is 121 Å². The quantitative estimate of drug-likeness (QED) is 0.386. The van der Waals surface area contributed by atoms with Crippen molar-refractivity contribution in [1.82, 2.24) is 9.88 Å². The number of hydrogen-bond acceptors (Lipinski definition) is 8. The Labute approximate surface area is 159 Å². The maximum absolute atomic E-state index is 9.98. The van der Waals surface area contributed by atoms with E-state index in [-0.39, 0.29) is 13.2 Å². The number of likely N-dealkylation sites (tertiary alicyclic amines) is 1. The number of nitrogens with zero attached hydrogens (tertiary/aromatic N) is 3. The lowest BCUT2D eigenvalue weighted by Crippen LogP contribution is -2.62. The van der Waals surface area contributed by atoms with Crippen LogP contribution in [-0.2, 0) is 6.42 Å². The second-order valence-electron chi connectivity index (χ2n) is 7.31. The van der Waals surface area contributed by atoms with Crippen LogP contribution in [0.5, 0.6) is 0 Å². The van der Waals surface area contributed by atoms with Gasteiger partial charge in [-0.05, 0) is 31.5 Å². The lowest BCUT2D eigenvalue weighted by Gasteiger charge is -2.43. The highest BCUT2D eigenvalue weighted by molar-refractivity contribution is 5.74. The Kier molecular flexibility index (Phi) is 7.14. The first-order valence-electron chi connectivity index (χ1n) is 9.75. The number of piperidine rings is 1. The molecule has 2 aliphatic heterocycles. The van der Waals surface area contributed by atoms with Crippen molar-refractivity contribution in [2.45, 2.75) is 56.5 Å². The molecule has 8 nitrogen and oxygen atoms in total. The van der Waals surface area contributed by atoms with Crippen LogP contribution in [0, 0.1) is 0 Å². The number of fused-ring (bicyclic) bond motifs is 1. The second kappa shape index (κ2) is 9.57. The van der Waals surface area contributed by atoms with Crippen LogP contribution in [-0.4, -0.2) is 87.1 Å². The maximum atomic E-state index is 9.98. The molecule has 8 heteroatoms. The van der Waals surface area contributed by atoms with Gasteiger partial charge in [0.1, 0.15) is 18.0 Å². The molecule has 0 aromatic carbocycles. The minimum Gasteiger partial charge on any atom is -0.395 e. The summed E-state index contributed by atoms with van der Waals surface area (Å²) >= 11 is 0. The van der Waals surface area contributed by atoms with Gasteiger partial charge in [-0.1, -0.05) is 12.8 Å². The summed E-state index contributed by atoms with van der Waals surface area (Å²) in [6.45, 7) is 1.59. The molecule has 4 atom stereocenters. The first-order valence-corrected chi connectivity index (χ1v) is 9.75. The molecule has 1 aromatic heterocycles. The Morgan fingerprint density at radius 3 is 2.70 bits per heavy atom. The molecule has 1 fully saturated rings. The van der Waals surface area contributed by atoms with Crippen LogP contribution in [0.3, 0.4) is 0 Å². The molecule has 5 N–H and O–H groups in total. The van der Waals surface area contributed by atoms with E-state index in [4.69, 9.17) is 0 Å². The first kappa shape index (κ1) is 20.2. The Bertz CT molecular complexity index is 642. The van der Waals surface area contributed by atoms with Crippen molar-refractivity contribution in [3.63, 3.8) is 0 Å². The molecule has 0 saturated carbocycles. The van der Waals surface area contributed by atoms with Crippen LogP contribution in [0.1, 0.15) is 31.4 Å². The van der Waals surface area contributed by atoms with E-state index >= 15 is 0 Å². The zero-order valence-electron chi connectivity index (χ0n) is 15.5. The standard InChI is InChI=1S/C19H30N4O4/c24-12-15-18(26)19(27)16(25)11-23(15)10-4-2-1-3-8-21-17-6-5-13-14(22-17)7-9-20-13/h5-6,9,15-16,18-19,24-27H,1-4,7-8,10-12H2,(H,21,22)/t15-,16+,18-,19-/m1/s1. The summed E-state index contributed by atoms with van der Waals surface area (Å²) in [4.78, 5) is 10.7. The van der Waals surface area contributed by atoms with E-state index in [0.717, 1.165) is 55.8 Å². The van der Waals surface area contributed by atoms with Crippen molar-refractivity contribution in [2.75, 3.05) is 31.6 Å². The lowest BCUT2D eigenvalue weighted by atomic mass is 9.94. The fraction of sp³-hybridized carbons (Fsp3) is 0.684. The van der Waals surface area contributed by atoms with E-state index in [1.807, 2.05) is 23.2 Å². The van der Waals surface area contributed by atoms with Crippen LogP contribution >= 0.6 is 0 Å². The van der Waals surface area contributed by atoms with Gasteiger partial charge in [0.15, 0.2) is 0 Å². The molecule has 27 heavy (non-hydrogen) atoms. The fourth-order valence-corrected chi connectivity index (χ4v) is 3.74. The number of aliphatic imine (C=N–C) groups is 1. The average Bonchev–Trinajstić information content (AvgIpc) is 3.13. The van der Waals surface area contributed by atoms with Crippen LogP contribution in [0.4, 0.5) is 11.5 Å². The predicted octanol–water partition coefficient (Wildman–Crippen LogP) is 0.0715. The van der Waals surface area contributed by atoms with Gasteiger partial charge in [0.05, 0.1) is 30.1 Å². The number of rotatable bonds is 9. The molecule has 3 heterocycles. The molecule has 0 amide bonds. The Balaban J connectivity index is 1.30. The number of pyridine rings is 1. The van der Waals surface area contributed by atoms with E-state index in [0.29, 0.717) is 6.54 Å². The number of aromatic nitrogens is 1. The van der Waals surface area contributed by atoms with Gasteiger partial charge in [-0.25, -0.2) is 4.98 Å².